The Hall–Kier alpha value is -1.45. The lowest BCUT2D eigenvalue weighted by Crippen LogP contribution is -2.02. The molecule has 2 rings (SSSR count). The lowest BCUT2D eigenvalue weighted by molar-refractivity contribution is 0.969. The Bertz CT molecular complexity index is 414. The van der Waals surface area contributed by atoms with Crippen molar-refractivity contribution in [3.63, 3.8) is 0 Å². The molecule has 84 valence electrons. The third-order valence-electron chi connectivity index (χ3n) is 2.26. The zero-order valence-electron chi connectivity index (χ0n) is 8.84. The molecule has 0 fully saturated rings. The smallest absolute Gasteiger partial charge is 0.116 e. The van der Waals surface area contributed by atoms with Gasteiger partial charge < -0.3 is 5.73 Å². The molecule has 0 spiro atoms. The first-order chi connectivity index (χ1) is 7.40. The molecule has 2 N–H and O–H groups in total. The zero-order chi connectivity index (χ0) is 10.5. The van der Waals surface area contributed by atoms with Gasteiger partial charge in [0, 0.05) is 11.8 Å². The monoisotopic (exact) mass is 235 g/mol. The van der Waals surface area contributed by atoms with Gasteiger partial charge in [-0.15, -0.1) is 12.4 Å². The van der Waals surface area contributed by atoms with Crippen molar-refractivity contribution in [2.75, 3.05) is 6.54 Å². The predicted molar refractivity (Wildman–Crippen MR) is 67.5 cm³/mol. The van der Waals surface area contributed by atoms with Crippen LogP contribution in [0, 0.1) is 0 Å². The standard InChI is InChI=1S/C12H13N3.ClH/c13-7-5-10-1-3-11(4-2-10)12-6-8-14-9-15-12;/h1-4,6,8-9H,5,7,13H2;1H. The molecule has 4 heteroatoms. The summed E-state index contributed by atoms with van der Waals surface area (Å²) in [6.45, 7) is 0.687. The minimum absolute atomic E-state index is 0. The number of aromatic nitrogens is 2. The van der Waals surface area contributed by atoms with Crippen molar-refractivity contribution >= 4 is 12.4 Å². The number of rotatable bonds is 3. The SMILES string of the molecule is Cl.NCCc1ccc(-c2ccncn2)cc1. The first kappa shape index (κ1) is 12.6. The van der Waals surface area contributed by atoms with E-state index in [4.69, 9.17) is 5.73 Å². The van der Waals surface area contributed by atoms with Gasteiger partial charge in [-0.2, -0.15) is 0 Å². The molecular weight excluding hydrogens is 222 g/mol. The summed E-state index contributed by atoms with van der Waals surface area (Å²) in [6, 6.07) is 10.2. The van der Waals surface area contributed by atoms with Crippen molar-refractivity contribution in [2.45, 2.75) is 6.42 Å². The van der Waals surface area contributed by atoms with Crippen LogP contribution in [0.25, 0.3) is 11.3 Å². The van der Waals surface area contributed by atoms with Gasteiger partial charge in [-0.1, -0.05) is 24.3 Å². The van der Waals surface area contributed by atoms with E-state index in [9.17, 15) is 0 Å². The molecule has 2 aromatic rings. The molecule has 1 heterocycles. The fourth-order valence-electron chi connectivity index (χ4n) is 1.47. The molecule has 0 saturated heterocycles. The molecule has 0 unspecified atom stereocenters. The topological polar surface area (TPSA) is 51.8 Å². The molecule has 0 aliphatic heterocycles. The highest BCUT2D eigenvalue weighted by Crippen LogP contribution is 2.16. The van der Waals surface area contributed by atoms with Crippen molar-refractivity contribution in [3.05, 3.63) is 48.4 Å². The van der Waals surface area contributed by atoms with Crippen LogP contribution in [-0.2, 0) is 6.42 Å². The minimum Gasteiger partial charge on any atom is -0.330 e. The van der Waals surface area contributed by atoms with Crippen LogP contribution < -0.4 is 5.73 Å². The molecule has 0 atom stereocenters. The summed E-state index contributed by atoms with van der Waals surface area (Å²) in [5.74, 6) is 0. The van der Waals surface area contributed by atoms with Crippen LogP contribution in [0.5, 0.6) is 0 Å². The lowest BCUT2D eigenvalue weighted by atomic mass is 10.1. The average Bonchev–Trinajstić information content (AvgIpc) is 2.32. The van der Waals surface area contributed by atoms with E-state index in [0.29, 0.717) is 6.54 Å². The Morgan fingerprint density at radius 1 is 1.06 bits per heavy atom. The fourth-order valence-corrected chi connectivity index (χ4v) is 1.47. The molecule has 1 aromatic carbocycles. The predicted octanol–water partition coefficient (Wildman–Crippen LogP) is 2.07. The van der Waals surface area contributed by atoms with E-state index >= 15 is 0 Å². The number of nitrogens with two attached hydrogens (primary N) is 1. The van der Waals surface area contributed by atoms with E-state index in [0.717, 1.165) is 17.7 Å². The van der Waals surface area contributed by atoms with E-state index in [1.807, 2.05) is 6.07 Å². The summed E-state index contributed by atoms with van der Waals surface area (Å²) in [4.78, 5) is 8.08. The molecule has 0 aliphatic carbocycles. The first-order valence-corrected chi connectivity index (χ1v) is 4.95. The van der Waals surface area contributed by atoms with E-state index in [-0.39, 0.29) is 12.4 Å². The summed E-state index contributed by atoms with van der Waals surface area (Å²) in [5, 5.41) is 0. The van der Waals surface area contributed by atoms with Gasteiger partial charge in [-0.3, -0.25) is 0 Å². The van der Waals surface area contributed by atoms with Crippen LogP contribution in [0.3, 0.4) is 0 Å². The van der Waals surface area contributed by atoms with Gasteiger partial charge in [-0.25, -0.2) is 9.97 Å². The Balaban J connectivity index is 0.00000128. The van der Waals surface area contributed by atoms with Crippen molar-refractivity contribution < 1.29 is 0 Å². The minimum atomic E-state index is 0. The molecular formula is C12H14ClN3. The number of hydrogen-bond acceptors (Lipinski definition) is 3. The summed E-state index contributed by atoms with van der Waals surface area (Å²) < 4.78 is 0. The Labute approximate surface area is 101 Å². The fraction of sp³-hybridized carbons (Fsp3) is 0.167. The van der Waals surface area contributed by atoms with E-state index in [1.165, 1.54) is 5.56 Å². The zero-order valence-corrected chi connectivity index (χ0v) is 9.65. The van der Waals surface area contributed by atoms with Crippen molar-refractivity contribution in [1.82, 2.24) is 9.97 Å². The van der Waals surface area contributed by atoms with Crippen molar-refractivity contribution in [3.8, 4) is 11.3 Å². The maximum atomic E-state index is 5.49. The highest BCUT2D eigenvalue weighted by molar-refractivity contribution is 5.85. The molecule has 0 amide bonds. The highest BCUT2D eigenvalue weighted by atomic mass is 35.5. The normalized spacial score (nSPS) is 9.56. The lowest BCUT2D eigenvalue weighted by Gasteiger charge is -2.02. The Kier molecular flexibility index (Phi) is 4.89. The van der Waals surface area contributed by atoms with Crippen LogP contribution in [-0.4, -0.2) is 16.5 Å². The van der Waals surface area contributed by atoms with Crippen LogP contribution in [0.1, 0.15) is 5.56 Å². The number of halogens is 1. The number of hydrogen-bond donors (Lipinski definition) is 1. The van der Waals surface area contributed by atoms with E-state index in [1.54, 1.807) is 12.5 Å². The van der Waals surface area contributed by atoms with E-state index in [2.05, 4.69) is 34.2 Å². The summed E-state index contributed by atoms with van der Waals surface area (Å²) in [6.07, 6.45) is 4.23. The average molecular weight is 236 g/mol. The largest absolute Gasteiger partial charge is 0.330 e. The van der Waals surface area contributed by atoms with Gasteiger partial charge in [0.15, 0.2) is 0 Å². The van der Waals surface area contributed by atoms with Crippen LogP contribution in [0.15, 0.2) is 42.9 Å². The first-order valence-electron chi connectivity index (χ1n) is 4.95. The second-order valence-electron chi connectivity index (χ2n) is 3.33. The molecule has 16 heavy (non-hydrogen) atoms. The second kappa shape index (κ2) is 6.20. The van der Waals surface area contributed by atoms with Crippen molar-refractivity contribution in [2.24, 2.45) is 5.73 Å². The number of nitrogens with zero attached hydrogens (tertiary/aromatic N) is 2. The second-order valence-corrected chi connectivity index (χ2v) is 3.33. The quantitative estimate of drug-likeness (QED) is 0.886. The van der Waals surface area contributed by atoms with Crippen LogP contribution in [0.4, 0.5) is 0 Å². The molecule has 0 bridgehead atoms. The maximum Gasteiger partial charge on any atom is 0.116 e. The molecule has 0 radical (unpaired) electrons. The van der Waals surface area contributed by atoms with Crippen molar-refractivity contribution in [1.29, 1.82) is 0 Å². The maximum absolute atomic E-state index is 5.49. The van der Waals surface area contributed by atoms with Crippen LogP contribution >= 0.6 is 12.4 Å². The molecule has 0 aliphatic rings. The van der Waals surface area contributed by atoms with Gasteiger partial charge in [0.25, 0.3) is 0 Å². The Morgan fingerprint density at radius 3 is 2.38 bits per heavy atom. The van der Waals surface area contributed by atoms with Crippen LogP contribution in [0.2, 0.25) is 0 Å². The number of benzene rings is 1. The highest BCUT2D eigenvalue weighted by Gasteiger charge is 1.97. The van der Waals surface area contributed by atoms with Gasteiger partial charge in [-0.05, 0) is 24.6 Å². The molecule has 3 nitrogen and oxygen atoms in total. The van der Waals surface area contributed by atoms with Gasteiger partial charge >= 0.3 is 0 Å². The summed E-state index contributed by atoms with van der Waals surface area (Å²) >= 11 is 0. The summed E-state index contributed by atoms with van der Waals surface area (Å²) in [7, 11) is 0. The Morgan fingerprint density at radius 2 is 1.81 bits per heavy atom. The third-order valence-corrected chi connectivity index (χ3v) is 2.26. The summed E-state index contributed by atoms with van der Waals surface area (Å²) in [5.41, 5.74) is 8.81. The van der Waals surface area contributed by atoms with Gasteiger partial charge in [0.1, 0.15) is 6.33 Å². The van der Waals surface area contributed by atoms with Gasteiger partial charge in [0.2, 0.25) is 0 Å². The molecule has 1 aromatic heterocycles. The van der Waals surface area contributed by atoms with E-state index < -0.39 is 0 Å². The van der Waals surface area contributed by atoms with Gasteiger partial charge in [0.05, 0.1) is 5.69 Å². The molecule has 0 saturated carbocycles. The third kappa shape index (κ3) is 3.02.